The molecule has 1 N–H and O–H groups in total. The molecule has 30 heavy (non-hydrogen) atoms. The van der Waals surface area contributed by atoms with Gasteiger partial charge in [-0.25, -0.2) is 0 Å². The van der Waals surface area contributed by atoms with Gasteiger partial charge in [0, 0.05) is 12.1 Å². The van der Waals surface area contributed by atoms with Gasteiger partial charge in [-0.15, -0.1) is 0 Å². The van der Waals surface area contributed by atoms with Crippen molar-refractivity contribution in [2.45, 2.75) is 89.9 Å². The second-order valence-electron chi connectivity index (χ2n) is 9.23. The van der Waals surface area contributed by atoms with Crippen LogP contribution in [0.15, 0.2) is 34.9 Å². The van der Waals surface area contributed by atoms with Gasteiger partial charge in [0.2, 0.25) is 5.91 Å². The van der Waals surface area contributed by atoms with Crippen LogP contribution in [0.5, 0.6) is 0 Å². The molecule has 0 bridgehead atoms. The van der Waals surface area contributed by atoms with E-state index in [4.69, 9.17) is 4.42 Å². The van der Waals surface area contributed by atoms with Gasteiger partial charge in [0.15, 0.2) is 0 Å². The van der Waals surface area contributed by atoms with Crippen LogP contribution in [0.1, 0.15) is 76.2 Å². The van der Waals surface area contributed by atoms with Gasteiger partial charge < -0.3 is 19.2 Å². The Morgan fingerprint density at radius 1 is 1.10 bits per heavy atom. The number of rotatable bonds is 4. The zero-order chi connectivity index (χ0) is 21.3. The first kappa shape index (κ1) is 20.8. The summed E-state index contributed by atoms with van der Waals surface area (Å²) in [6.45, 7) is 6.27. The molecule has 2 aromatic heterocycles. The average molecular weight is 412 g/mol. The Morgan fingerprint density at radius 2 is 1.77 bits per heavy atom. The predicted molar refractivity (Wildman–Crippen MR) is 116 cm³/mol. The van der Waals surface area contributed by atoms with Crippen molar-refractivity contribution in [3.8, 4) is 11.5 Å². The fourth-order valence-corrected chi connectivity index (χ4v) is 5.12. The SMILES string of the molecule is CC(C)N1C(=O)c2ccc(-c3ccco3)n2CC1(C)C(=O)NC1CCCCCCC1. The molecule has 1 fully saturated rings. The molecule has 1 saturated carbocycles. The molecule has 6 heteroatoms. The van der Waals surface area contributed by atoms with E-state index in [2.05, 4.69) is 5.32 Å². The molecule has 1 atom stereocenters. The van der Waals surface area contributed by atoms with Crippen LogP contribution in [-0.4, -0.2) is 38.9 Å². The fourth-order valence-electron chi connectivity index (χ4n) is 5.12. The summed E-state index contributed by atoms with van der Waals surface area (Å²) >= 11 is 0. The van der Waals surface area contributed by atoms with Gasteiger partial charge in [0.25, 0.3) is 5.91 Å². The average Bonchev–Trinajstić information content (AvgIpc) is 3.32. The van der Waals surface area contributed by atoms with Crippen molar-refractivity contribution in [3.05, 3.63) is 36.2 Å². The van der Waals surface area contributed by atoms with Crippen LogP contribution in [0, 0.1) is 0 Å². The molecule has 3 heterocycles. The Hall–Kier alpha value is -2.50. The molecule has 4 rings (SSSR count). The van der Waals surface area contributed by atoms with E-state index in [0.29, 0.717) is 18.0 Å². The van der Waals surface area contributed by atoms with E-state index in [9.17, 15) is 9.59 Å². The van der Waals surface area contributed by atoms with Crippen molar-refractivity contribution in [2.24, 2.45) is 0 Å². The number of nitrogens with one attached hydrogen (secondary N) is 1. The lowest BCUT2D eigenvalue weighted by Gasteiger charge is -2.47. The van der Waals surface area contributed by atoms with Crippen LogP contribution in [0.2, 0.25) is 0 Å². The summed E-state index contributed by atoms with van der Waals surface area (Å²) in [4.78, 5) is 28.8. The van der Waals surface area contributed by atoms with Crippen molar-refractivity contribution in [2.75, 3.05) is 0 Å². The highest BCUT2D eigenvalue weighted by molar-refractivity contribution is 6.00. The maximum Gasteiger partial charge on any atom is 0.271 e. The van der Waals surface area contributed by atoms with Gasteiger partial charge >= 0.3 is 0 Å². The maximum absolute atomic E-state index is 13.6. The number of hydrogen-bond acceptors (Lipinski definition) is 3. The van der Waals surface area contributed by atoms with Gasteiger partial charge in [0.05, 0.1) is 18.5 Å². The highest BCUT2D eigenvalue weighted by Gasteiger charge is 2.49. The lowest BCUT2D eigenvalue weighted by molar-refractivity contribution is -0.134. The zero-order valence-corrected chi connectivity index (χ0v) is 18.3. The standard InChI is InChI=1S/C24H33N3O3/c1-17(2)27-22(28)20-14-13-19(21-12-9-15-30-21)26(20)16-24(27,3)23(29)25-18-10-7-5-4-6-8-11-18/h9,12-15,17-18H,4-8,10-11,16H2,1-3H3,(H,25,29). The summed E-state index contributed by atoms with van der Waals surface area (Å²) in [5, 5.41) is 3.31. The normalized spacial score (nSPS) is 23.2. The van der Waals surface area contributed by atoms with Crippen LogP contribution in [0.25, 0.3) is 11.5 Å². The van der Waals surface area contributed by atoms with Crippen LogP contribution < -0.4 is 5.32 Å². The van der Waals surface area contributed by atoms with E-state index in [1.54, 1.807) is 11.2 Å². The predicted octanol–water partition coefficient (Wildman–Crippen LogP) is 4.60. The molecule has 1 aliphatic heterocycles. The molecule has 162 valence electrons. The number of hydrogen-bond donors (Lipinski definition) is 1. The quantitative estimate of drug-likeness (QED) is 0.799. The third-order valence-corrected chi connectivity index (χ3v) is 6.64. The Bertz CT molecular complexity index is 891. The highest BCUT2D eigenvalue weighted by Crippen LogP contribution is 2.34. The number of fused-ring (bicyclic) bond motifs is 1. The summed E-state index contributed by atoms with van der Waals surface area (Å²) in [5.74, 6) is 0.541. The molecule has 6 nitrogen and oxygen atoms in total. The summed E-state index contributed by atoms with van der Waals surface area (Å²) < 4.78 is 7.53. The van der Waals surface area contributed by atoms with Crippen LogP contribution in [0.4, 0.5) is 0 Å². The largest absolute Gasteiger partial charge is 0.463 e. The fraction of sp³-hybridized carbons (Fsp3) is 0.583. The van der Waals surface area contributed by atoms with E-state index in [1.807, 2.05) is 49.6 Å². The van der Waals surface area contributed by atoms with Crippen molar-refractivity contribution in [1.29, 1.82) is 0 Å². The van der Waals surface area contributed by atoms with Crippen molar-refractivity contribution in [1.82, 2.24) is 14.8 Å². The highest BCUT2D eigenvalue weighted by atomic mass is 16.3. The molecular formula is C24H33N3O3. The smallest absolute Gasteiger partial charge is 0.271 e. The van der Waals surface area contributed by atoms with E-state index in [1.165, 1.54) is 19.3 Å². The minimum atomic E-state index is -0.957. The molecule has 1 aliphatic carbocycles. The molecule has 0 radical (unpaired) electrons. The molecule has 2 aliphatic rings. The Morgan fingerprint density at radius 3 is 2.40 bits per heavy atom. The monoisotopic (exact) mass is 411 g/mol. The van der Waals surface area contributed by atoms with E-state index in [0.717, 1.165) is 31.4 Å². The van der Waals surface area contributed by atoms with E-state index < -0.39 is 5.54 Å². The summed E-state index contributed by atoms with van der Waals surface area (Å²) in [7, 11) is 0. The van der Waals surface area contributed by atoms with Gasteiger partial charge in [-0.3, -0.25) is 9.59 Å². The van der Waals surface area contributed by atoms with Gasteiger partial charge in [0.1, 0.15) is 17.0 Å². The van der Waals surface area contributed by atoms with Crippen molar-refractivity contribution in [3.63, 3.8) is 0 Å². The van der Waals surface area contributed by atoms with Gasteiger partial charge in [-0.1, -0.05) is 32.1 Å². The molecular weight excluding hydrogens is 378 g/mol. The maximum atomic E-state index is 13.6. The van der Waals surface area contributed by atoms with Crippen LogP contribution >= 0.6 is 0 Å². The Balaban J connectivity index is 1.66. The molecule has 0 saturated heterocycles. The first-order chi connectivity index (χ1) is 14.4. The van der Waals surface area contributed by atoms with Crippen molar-refractivity contribution < 1.29 is 14.0 Å². The van der Waals surface area contributed by atoms with Crippen LogP contribution in [0.3, 0.4) is 0 Å². The molecule has 2 aromatic rings. The lowest BCUT2D eigenvalue weighted by atomic mass is 9.91. The van der Waals surface area contributed by atoms with Crippen molar-refractivity contribution >= 4 is 11.8 Å². The number of carbonyl (C=O) groups excluding carboxylic acids is 2. The Labute approximate surface area is 178 Å². The minimum absolute atomic E-state index is 0.0557. The molecule has 2 amide bonds. The molecule has 0 aromatic carbocycles. The zero-order valence-electron chi connectivity index (χ0n) is 18.3. The number of furan rings is 1. The topological polar surface area (TPSA) is 67.5 Å². The lowest BCUT2D eigenvalue weighted by Crippen LogP contribution is -2.66. The van der Waals surface area contributed by atoms with Crippen LogP contribution in [-0.2, 0) is 11.3 Å². The van der Waals surface area contributed by atoms with E-state index >= 15 is 0 Å². The Kier molecular flexibility index (Phi) is 5.76. The molecule has 0 spiro atoms. The first-order valence-electron chi connectivity index (χ1n) is 11.3. The second-order valence-corrected chi connectivity index (χ2v) is 9.23. The number of amides is 2. The molecule has 1 unspecified atom stereocenters. The van der Waals surface area contributed by atoms with Gasteiger partial charge in [-0.2, -0.15) is 0 Å². The summed E-state index contributed by atoms with van der Waals surface area (Å²) in [5.41, 5.74) is 0.476. The third kappa shape index (κ3) is 3.68. The second kappa shape index (κ2) is 8.32. The number of aromatic nitrogens is 1. The number of nitrogens with zero attached hydrogens (tertiary/aromatic N) is 2. The summed E-state index contributed by atoms with van der Waals surface area (Å²) in [6, 6.07) is 7.57. The first-order valence-corrected chi connectivity index (χ1v) is 11.3. The third-order valence-electron chi connectivity index (χ3n) is 6.64. The van der Waals surface area contributed by atoms with E-state index in [-0.39, 0.29) is 23.9 Å². The number of carbonyl (C=O) groups is 2. The minimum Gasteiger partial charge on any atom is -0.463 e. The summed E-state index contributed by atoms with van der Waals surface area (Å²) in [6.07, 6.45) is 9.73. The van der Waals surface area contributed by atoms with Gasteiger partial charge in [-0.05, 0) is 57.9 Å².